The second-order valence-corrected chi connectivity index (χ2v) is 7.43. The molecular weight excluding hydrogens is 535 g/mol. The number of anilines is 1. The number of esters is 1. The molecule has 3 rings (SSSR count). The molecule has 31 heavy (non-hydrogen) atoms. The Balaban J connectivity index is 0.00000341. The van der Waals surface area contributed by atoms with E-state index in [2.05, 4.69) is 20.5 Å². The number of hydrogen-bond donors (Lipinski definition) is 2. The van der Waals surface area contributed by atoms with Crippen LogP contribution in [0, 0.1) is 6.92 Å². The quantitative estimate of drug-likeness (QED) is 0.241. The summed E-state index contributed by atoms with van der Waals surface area (Å²) >= 11 is 6.17. The Kier molecular flexibility index (Phi) is 9.30. The van der Waals surface area contributed by atoms with Gasteiger partial charge in [0.1, 0.15) is 22.8 Å². The van der Waals surface area contributed by atoms with E-state index >= 15 is 0 Å². The third-order valence-corrected chi connectivity index (χ3v) is 5.27. The summed E-state index contributed by atoms with van der Waals surface area (Å²) < 4.78 is 15.9. The summed E-state index contributed by atoms with van der Waals surface area (Å²) in [6.45, 7) is 3.81. The molecule has 0 spiro atoms. The normalized spacial score (nSPS) is 16.0. The average Bonchev–Trinajstić information content (AvgIpc) is 3.36. The summed E-state index contributed by atoms with van der Waals surface area (Å²) in [5.74, 6) is 2.22. The number of aliphatic imine (C=N–C) groups is 1. The summed E-state index contributed by atoms with van der Waals surface area (Å²) in [6.07, 6.45) is 0.947. The van der Waals surface area contributed by atoms with Crippen LogP contribution in [-0.2, 0) is 11.3 Å². The maximum atomic E-state index is 11.7. The maximum absolute atomic E-state index is 11.7. The first-order valence-corrected chi connectivity index (χ1v) is 10.1. The highest BCUT2D eigenvalue weighted by molar-refractivity contribution is 14.0. The van der Waals surface area contributed by atoms with E-state index in [0.717, 1.165) is 30.9 Å². The van der Waals surface area contributed by atoms with Gasteiger partial charge in [-0.15, -0.1) is 24.0 Å². The number of nitrogens with one attached hydrogen (secondary N) is 2. The SMILES string of the molecule is CN=C(NCc1cc(C(=O)OC)c(C)o1)NC1CCN(c2cc(Cl)ccc2OC)C1.I. The molecule has 1 unspecified atom stereocenters. The van der Waals surface area contributed by atoms with E-state index in [9.17, 15) is 4.79 Å². The number of methoxy groups -OCH3 is 2. The molecule has 0 saturated carbocycles. The van der Waals surface area contributed by atoms with Gasteiger partial charge in [0.05, 0.1) is 26.5 Å². The molecule has 2 N–H and O–H groups in total. The van der Waals surface area contributed by atoms with Crippen LogP contribution in [0.4, 0.5) is 5.69 Å². The van der Waals surface area contributed by atoms with Crippen LogP contribution in [0.2, 0.25) is 5.02 Å². The number of aryl methyl sites for hydroxylation is 1. The Morgan fingerprint density at radius 3 is 2.81 bits per heavy atom. The van der Waals surface area contributed by atoms with Gasteiger partial charge in [-0.2, -0.15) is 0 Å². The predicted octanol–water partition coefficient (Wildman–Crippen LogP) is 3.60. The molecule has 1 aliphatic heterocycles. The van der Waals surface area contributed by atoms with Crippen molar-refractivity contribution in [3.8, 4) is 5.75 Å². The molecule has 10 heteroatoms. The summed E-state index contributed by atoms with van der Waals surface area (Å²) in [5.41, 5.74) is 1.41. The van der Waals surface area contributed by atoms with Crippen molar-refractivity contribution in [1.82, 2.24) is 10.6 Å². The highest BCUT2D eigenvalue weighted by Crippen LogP contribution is 2.33. The fourth-order valence-corrected chi connectivity index (χ4v) is 3.68. The first kappa shape index (κ1) is 25.1. The third kappa shape index (κ3) is 6.19. The fraction of sp³-hybridized carbons (Fsp3) is 0.429. The van der Waals surface area contributed by atoms with Crippen LogP contribution >= 0.6 is 35.6 Å². The van der Waals surface area contributed by atoms with E-state index in [-0.39, 0.29) is 30.0 Å². The summed E-state index contributed by atoms with van der Waals surface area (Å²) in [4.78, 5) is 18.3. The molecule has 0 radical (unpaired) electrons. The van der Waals surface area contributed by atoms with Crippen molar-refractivity contribution in [2.45, 2.75) is 25.9 Å². The molecule has 1 aliphatic rings. The lowest BCUT2D eigenvalue weighted by molar-refractivity contribution is 0.0599. The van der Waals surface area contributed by atoms with Gasteiger partial charge in [0.2, 0.25) is 0 Å². The van der Waals surface area contributed by atoms with Crippen LogP contribution in [0.1, 0.15) is 28.3 Å². The van der Waals surface area contributed by atoms with Gasteiger partial charge in [-0.25, -0.2) is 4.79 Å². The van der Waals surface area contributed by atoms with Gasteiger partial charge in [-0.3, -0.25) is 4.99 Å². The monoisotopic (exact) mass is 562 g/mol. The number of rotatable bonds is 6. The second kappa shape index (κ2) is 11.5. The summed E-state index contributed by atoms with van der Waals surface area (Å²) in [7, 11) is 4.73. The zero-order valence-electron chi connectivity index (χ0n) is 18.0. The van der Waals surface area contributed by atoms with E-state index in [0.29, 0.717) is 34.6 Å². The van der Waals surface area contributed by atoms with Gasteiger partial charge >= 0.3 is 5.97 Å². The molecule has 1 saturated heterocycles. The van der Waals surface area contributed by atoms with Crippen LogP contribution in [-0.4, -0.2) is 52.3 Å². The minimum Gasteiger partial charge on any atom is -0.495 e. The third-order valence-electron chi connectivity index (χ3n) is 5.04. The molecule has 1 fully saturated rings. The van der Waals surface area contributed by atoms with E-state index in [1.54, 1.807) is 27.1 Å². The number of carbonyl (C=O) groups is 1. The van der Waals surface area contributed by atoms with Crippen LogP contribution in [0.15, 0.2) is 33.7 Å². The Labute approximate surface area is 204 Å². The van der Waals surface area contributed by atoms with Crippen LogP contribution in [0.3, 0.4) is 0 Å². The molecule has 2 heterocycles. The molecule has 170 valence electrons. The second-order valence-electron chi connectivity index (χ2n) is 6.99. The van der Waals surface area contributed by atoms with E-state index < -0.39 is 5.97 Å². The molecule has 8 nitrogen and oxygen atoms in total. The highest BCUT2D eigenvalue weighted by atomic mass is 127. The van der Waals surface area contributed by atoms with Crippen molar-refractivity contribution >= 4 is 53.2 Å². The van der Waals surface area contributed by atoms with Crippen LogP contribution in [0.25, 0.3) is 0 Å². The van der Waals surface area contributed by atoms with Gasteiger partial charge in [-0.1, -0.05) is 11.6 Å². The molecule has 1 aromatic carbocycles. The largest absolute Gasteiger partial charge is 0.495 e. The predicted molar refractivity (Wildman–Crippen MR) is 132 cm³/mol. The topological polar surface area (TPSA) is 88.3 Å². The van der Waals surface area contributed by atoms with Crippen LogP contribution < -0.4 is 20.3 Å². The minimum absolute atomic E-state index is 0. The first-order valence-electron chi connectivity index (χ1n) is 9.68. The lowest BCUT2D eigenvalue weighted by atomic mass is 10.2. The summed E-state index contributed by atoms with van der Waals surface area (Å²) in [6, 6.07) is 7.53. The first-order chi connectivity index (χ1) is 14.4. The zero-order valence-corrected chi connectivity index (χ0v) is 21.1. The summed E-state index contributed by atoms with van der Waals surface area (Å²) in [5, 5.41) is 7.34. The lowest BCUT2D eigenvalue weighted by Crippen LogP contribution is -2.44. The number of hydrogen-bond acceptors (Lipinski definition) is 6. The smallest absolute Gasteiger partial charge is 0.341 e. The van der Waals surface area contributed by atoms with Gasteiger partial charge in [-0.05, 0) is 37.6 Å². The maximum Gasteiger partial charge on any atom is 0.341 e. The number of benzene rings is 1. The molecule has 1 atom stereocenters. The Morgan fingerprint density at radius 2 is 2.13 bits per heavy atom. The standard InChI is InChI=1S/C21H27ClN4O4.HI/c1-13-17(20(27)29-4)10-16(30-13)11-24-21(23-2)25-15-7-8-26(12-15)18-9-14(22)5-6-19(18)28-3;/h5-6,9-10,15H,7-8,11-12H2,1-4H3,(H2,23,24,25);1H. The molecule has 1 aromatic heterocycles. The molecule has 0 amide bonds. The molecule has 0 bridgehead atoms. The van der Waals surface area contributed by atoms with Crippen molar-refractivity contribution in [3.05, 3.63) is 46.4 Å². The number of furan rings is 1. The lowest BCUT2D eigenvalue weighted by Gasteiger charge is -2.22. The minimum atomic E-state index is -0.410. The number of guanidine groups is 1. The van der Waals surface area contributed by atoms with Crippen molar-refractivity contribution < 1.29 is 18.7 Å². The van der Waals surface area contributed by atoms with E-state index in [1.807, 2.05) is 18.2 Å². The average molecular weight is 563 g/mol. The Morgan fingerprint density at radius 1 is 1.35 bits per heavy atom. The molecule has 2 aromatic rings. The fourth-order valence-electron chi connectivity index (χ4n) is 3.51. The van der Waals surface area contributed by atoms with E-state index in [4.69, 9.17) is 25.5 Å². The Hall–Kier alpha value is -2.14. The number of halogens is 2. The van der Waals surface area contributed by atoms with Crippen molar-refractivity contribution in [2.24, 2.45) is 4.99 Å². The van der Waals surface area contributed by atoms with Gasteiger partial charge in [0, 0.05) is 31.2 Å². The molecule has 0 aliphatic carbocycles. The van der Waals surface area contributed by atoms with Crippen molar-refractivity contribution in [2.75, 3.05) is 39.3 Å². The van der Waals surface area contributed by atoms with Crippen molar-refractivity contribution in [1.29, 1.82) is 0 Å². The number of carbonyl (C=O) groups excluding carboxylic acids is 1. The van der Waals surface area contributed by atoms with Gasteiger partial charge in [0.15, 0.2) is 5.96 Å². The molecular formula is C21H28ClIN4O4. The van der Waals surface area contributed by atoms with E-state index in [1.165, 1.54) is 7.11 Å². The Bertz CT molecular complexity index is 934. The van der Waals surface area contributed by atoms with Crippen molar-refractivity contribution in [3.63, 3.8) is 0 Å². The number of ether oxygens (including phenoxy) is 2. The zero-order chi connectivity index (χ0) is 21.7. The highest BCUT2D eigenvalue weighted by Gasteiger charge is 2.25. The van der Waals surface area contributed by atoms with Gasteiger partial charge in [0.25, 0.3) is 0 Å². The van der Waals surface area contributed by atoms with Gasteiger partial charge < -0.3 is 29.4 Å². The number of nitrogens with zero attached hydrogens (tertiary/aromatic N) is 2. The van der Waals surface area contributed by atoms with Crippen LogP contribution in [0.5, 0.6) is 5.75 Å².